The van der Waals surface area contributed by atoms with Gasteiger partial charge in [-0.25, -0.2) is 0 Å². The molecule has 4 fully saturated rings. The molecule has 2 aromatic carbocycles. The molecule has 2 aromatic rings. The highest BCUT2D eigenvalue weighted by Gasteiger charge is 2.61. The smallest absolute Gasteiger partial charge is 0.228 e. The lowest BCUT2D eigenvalue weighted by Gasteiger charge is -2.62. The third kappa shape index (κ3) is 3.50. The van der Waals surface area contributed by atoms with E-state index in [2.05, 4.69) is 30.3 Å². The zero-order chi connectivity index (χ0) is 21.6. The van der Waals surface area contributed by atoms with Crippen LogP contribution in [0.5, 0.6) is 11.5 Å². The van der Waals surface area contributed by atoms with Crippen molar-refractivity contribution in [2.24, 2.45) is 17.3 Å². The molecule has 2 unspecified atom stereocenters. The Kier molecular flexibility index (Phi) is 4.99. The van der Waals surface area contributed by atoms with Gasteiger partial charge in [-0.15, -0.1) is 0 Å². The number of rotatable bonds is 6. The second-order valence-corrected chi connectivity index (χ2v) is 10.3. The Labute approximate surface area is 185 Å². The van der Waals surface area contributed by atoms with Gasteiger partial charge in [0.2, 0.25) is 5.91 Å². The van der Waals surface area contributed by atoms with Crippen LogP contribution in [0.3, 0.4) is 0 Å². The van der Waals surface area contributed by atoms with Gasteiger partial charge in [-0.1, -0.05) is 24.3 Å². The van der Waals surface area contributed by atoms with E-state index in [9.17, 15) is 4.79 Å². The van der Waals surface area contributed by atoms with E-state index in [1.807, 2.05) is 30.1 Å². The Morgan fingerprint density at radius 3 is 2.29 bits per heavy atom. The van der Waals surface area contributed by atoms with Gasteiger partial charge in [0.15, 0.2) is 0 Å². The minimum atomic E-state index is -0.211. The molecule has 6 rings (SSSR count). The van der Waals surface area contributed by atoms with Gasteiger partial charge in [-0.2, -0.15) is 0 Å². The van der Waals surface area contributed by atoms with E-state index in [-0.39, 0.29) is 10.8 Å². The van der Waals surface area contributed by atoms with E-state index >= 15 is 0 Å². The van der Waals surface area contributed by atoms with Crippen LogP contribution < -0.4 is 9.47 Å². The molecule has 4 heteroatoms. The minimum absolute atomic E-state index is 0.142. The first-order chi connectivity index (χ1) is 14.9. The molecule has 0 aromatic heterocycles. The van der Waals surface area contributed by atoms with Crippen LogP contribution in [0.1, 0.15) is 49.7 Å². The quantitative estimate of drug-likeness (QED) is 0.646. The first kappa shape index (κ1) is 20.4. The second-order valence-electron chi connectivity index (χ2n) is 10.3. The summed E-state index contributed by atoms with van der Waals surface area (Å²) in [6.45, 7) is 0.628. The summed E-state index contributed by atoms with van der Waals surface area (Å²) in [6.07, 6.45) is 6.85. The molecule has 4 saturated carbocycles. The fourth-order valence-corrected chi connectivity index (χ4v) is 7.32. The summed E-state index contributed by atoms with van der Waals surface area (Å²) < 4.78 is 10.7. The predicted octanol–water partition coefficient (Wildman–Crippen LogP) is 5.20. The van der Waals surface area contributed by atoms with Crippen LogP contribution >= 0.6 is 0 Å². The topological polar surface area (TPSA) is 38.8 Å². The summed E-state index contributed by atoms with van der Waals surface area (Å²) in [5, 5.41) is 0. The van der Waals surface area contributed by atoms with Crippen molar-refractivity contribution in [3.05, 3.63) is 59.7 Å². The molecule has 0 N–H and O–H groups in total. The summed E-state index contributed by atoms with van der Waals surface area (Å²) in [6, 6.07) is 16.7. The van der Waals surface area contributed by atoms with Gasteiger partial charge in [0.1, 0.15) is 11.5 Å². The van der Waals surface area contributed by atoms with Crippen molar-refractivity contribution >= 4 is 5.91 Å². The number of hydrogen-bond donors (Lipinski definition) is 0. The average Bonchev–Trinajstić information content (AvgIpc) is 2.78. The van der Waals surface area contributed by atoms with Crippen LogP contribution in [0, 0.1) is 17.3 Å². The van der Waals surface area contributed by atoms with Crippen molar-refractivity contribution in [1.82, 2.24) is 4.90 Å². The molecule has 0 heterocycles. The molecule has 31 heavy (non-hydrogen) atoms. The predicted molar refractivity (Wildman–Crippen MR) is 121 cm³/mol. The highest BCUT2D eigenvalue weighted by molar-refractivity contribution is 5.83. The molecule has 0 saturated heterocycles. The molecule has 4 bridgehead atoms. The number of carbonyl (C=O) groups is 1. The number of nitrogens with zero attached hydrogens (tertiary/aromatic N) is 1. The Balaban J connectivity index is 1.41. The van der Waals surface area contributed by atoms with Gasteiger partial charge < -0.3 is 14.4 Å². The van der Waals surface area contributed by atoms with Gasteiger partial charge in [-0.05, 0) is 91.2 Å². The van der Waals surface area contributed by atoms with Gasteiger partial charge in [0.25, 0.3) is 0 Å². The highest BCUT2D eigenvalue weighted by atomic mass is 16.5. The fraction of sp³-hybridized carbons (Fsp3) is 0.519. The number of ether oxygens (including phenoxy) is 2. The lowest BCUT2D eigenvalue weighted by molar-refractivity contribution is -0.159. The zero-order valence-corrected chi connectivity index (χ0v) is 18.9. The number of hydrogen-bond acceptors (Lipinski definition) is 3. The molecular formula is C27H33NO3. The maximum atomic E-state index is 13.9. The van der Waals surface area contributed by atoms with Crippen molar-refractivity contribution in [1.29, 1.82) is 0 Å². The fourth-order valence-electron chi connectivity index (χ4n) is 7.32. The van der Waals surface area contributed by atoms with E-state index in [1.54, 1.807) is 14.2 Å². The second kappa shape index (κ2) is 7.58. The molecule has 1 amide bonds. The summed E-state index contributed by atoms with van der Waals surface area (Å²) in [5.74, 6) is 3.40. The number of methoxy groups -OCH3 is 2. The number of carbonyl (C=O) groups excluding carboxylic acids is 1. The summed E-state index contributed by atoms with van der Waals surface area (Å²) >= 11 is 0. The van der Waals surface area contributed by atoms with Gasteiger partial charge in [0, 0.05) is 13.6 Å². The Morgan fingerprint density at radius 2 is 1.65 bits per heavy atom. The number of benzene rings is 2. The van der Waals surface area contributed by atoms with Crippen LogP contribution in [0.4, 0.5) is 0 Å². The highest BCUT2D eigenvalue weighted by Crippen LogP contribution is 2.66. The Morgan fingerprint density at radius 1 is 0.968 bits per heavy atom. The van der Waals surface area contributed by atoms with Crippen molar-refractivity contribution in [2.45, 2.75) is 50.5 Å². The third-order valence-electron chi connectivity index (χ3n) is 8.12. The van der Waals surface area contributed by atoms with E-state index in [0.717, 1.165) is 36.3 Å². The monoisotopic (exact) mass is 419 g/mol. The van der Waals surface area contributed by atoms with Crippen molar-refractivity contribution in [2.75, 3.05) is 21.3 Å². The van der Waals surface area contributed by atoms with E-state index in [4.69, 9.17) is 9.47 Å². The molecule has 4 nitrogen and oxygen atoms in total. The number of amides is 1. The van der Waals surface area contributed by atoms with Crippen LogP contribution in [0.15, 0.2) is 48.5 Å². The van der Waals surface area contributed by atoms with Crippen LogP contribution in [0.25, 0.3) is 0 Å². The zero-order valence-electron chi connectivity index (χ0n) is 18.9. The van der Waals surface area contributed by atoms with Gasteiger partial charge in [-0.3, -0.25) is 4.79 Å². The normalized spacial score (nSPS) is 30.8. The first-order valence-corrected chi connectivity index (χ1v) is 11.5. The summed E-state index contributed by atoms with van der Waals surface area (Å²) in [7, 11) is 5.37. The largest absolute Gasteiger partial charge is 0.497 e. The third-order valence-corrected chi connectivity index (χ3v) is 8.12. The minimum Gasteiger partial charge on any atom is -0.497 e. The molecule has 0 radical (unpaired) electrons. The van der Waals surface area contributed by atoms with E-state index in [0.29, 0.717) is 24.3 Å². The maximum Gasteiger partial charge on any atom is 0.228 e. The van der Waals surface area contributed by atoms with Gasteiger partial charge in [0.05, 0.1) is 19.6 Å². The molecule has 4 aliphatic rings. The molecule has 164 valence electrons. The van der Waals surface area contributed by atoms with E-state index in [1.165, 1.54) is 24.8 Å². The maximum absolute atomic E-state index is 13.9. The molecular weight excluding hydrogens is 386 g/mol. The van der Waals surface area contributed by atoms with Gasteiger partial charge >= 0.3 is 0 Å². The summed E-state index contributed by atoms with van der Waals surface area (Å²) in [4.78, 5) is 15.9. The van der Waals surface area contributed by atoms with Crippen molar-refractivity contribution < 1.29 is 14.3 Å². The lowest BCUT2D eigenvalue weighted by atomic mass is 9.42. The van der Waals surface area contributed by atoms with Crippen LogP contribution in [0.2, 0.25) is 0 Å². The van der Waals surface area contributed by atoms with Crippen LogP contribution in [-0.2, 0) is 16.8 Å². The first-order valence-electron chi connectivity index (χ1n) is 11.5. The lowest BCUT2D eigenvalue weighted by Crippen LogP contribution is -2.59. The standard InChI is InChI=1S/C27H33NO3/c1-28(17-19-5-4-6-24(12-19)31-3)25(29)27-15-20-11-21(16-27)14-26(13-20,18-27)22-7-9-23(30-2)10-8-22/h4-10,12,20-21H,11,13-18H2,1-3H3/t20-,21+,26?,27?. The molecule has 4 atom stereocenters. The molecule has 0 aliphatic heterocycles. The molecule has 0 spiro atoms. The Bertz CT molecular complexity index is 953. The van der Waals surface area contributed by atoms with Crippen molar-refractivity contribution in [3.8, 4) is 11.5 Å². The molecule has 4 aliphatic carbocycles. The van der Waals surface area contributed by atoms with E-state index < -0.39 is 0 Å². The Hall–Kier alpha value is -2.49. The van der Waals surface area contributed by atoms with Crippen molar-refractivity contribution in [3.63, 3.8) is 0 Å². The average molecular weight is 420 g/mol. The van der Waals surface area contributed by atoms with Crippen LogP contribution in [-0.4, -0.2) is 32.1 Å². The SMILES string of the molecule is COc1ccc(C23C[C@@H]4C[C@@H](CC(C(=O)N(C)Cc5cccc(OC)c5)(C4)C2)C3)cc1. The summed E-state index contributed by atoms with van der Waals surface area (Å²) in [5.41, 5.74) is 2.44.